The number of aryl methyl sites for hydroxylation is 1. The van der Waals surface area contributed by atoms with E-state index in [1.165, 1.54) is 6.08 Å². The van der Waals surface area contributed by atoms with Crippen LogP contribution in [0.1, 0.15) is 18.1 Å². The second kappa shape index (κ2) is 9.57. The quantitative estimate of drug-likeness (QED) is 0.463. The summed E-state index contributed by atoms with van der Waals surface area (Å²) in [5.41, 5.74) is 1.96. The maximum absolute atomic E-state index is 12.2. The van der Waals surface area contributed by atoms with Crippen molar-refractivity contribution >= 4 is 35.5 Å². The molecule has 2 aromatic carbocycles. The summed E-state index contributed by atoms with van der Waals surface area (Å²) in [6.45, 7) is 3.81. The maximum Gasteiger partial charge on any atom is 0.328 e. The molecule has 0 radical (unpaired) electrons. The number of urea groups is 1. The summed E-state index contributed by atoms with van der Waals surface area (Å²) < 4.78 is 11.2. The van der Waals surface area contributed by atoms with E-state index in [4.69, 9.17) is 9.47 Å². The number of anilines is 1. The molecule has 1 aliphatic heterocycles. The molecule has 1 heterocycles. The molecule has 160 valence electrons. The molecule has 3 rings (SSSR count). The monoisotopic (exact) mass is 423 g/mol. The van der Waals surface area contributed by atoms with Crippen LogP contribution in [0, 0.1) is 6.92 Å². The molecule has 0 aliphatic carbocycles. The van der Waals surface area contributed by atoms with E-state index < -0.39 is 17.8 Å². The molecular weight excluding hydrogens is 402 g/mol. The molecule has 31 heavy (non-hydrogen) atoms. The first-order chi connectivity index (χ1) is 14.9. The van der Waals surface area contributed by atoms with Crippen LogP contribution in [-0.2, 0) is 14.4 Å². The molecule has 2 aromatic rings. The Bertz CT molecular complexity index is 1050. The SMILES string of the molecule is CCOc1cc(C=C2C(=O)NC(=O)NC2=O)ccc1OCC(=O)Nc1cccc(C)c1. The highest BCUT2D eigenvalue weighted by atomic mass is 16.5. The highest BCUT2D eigenvalue weighted by Crippen LogP contribution is 2.29. The van der Waals surface area contributed by atoms with Gasteiger partial charge in [0.2, 0.25) is 0 Å². The lowest BCUT2D eigenvalue weighted by Gasteiger charge is -2.15. The molecule has 1 fully saturated rings. The lowest BCUT2D eigenvalue weighted by atomic mass is 10.1. The Morgan fingerprint density at radius 1 is 1.00 bits per heavy atom. The molecule has 0 spiro atoms. The molecule has 0 atom stereocenters. The fourth-order valence-corrected chi connectivity index (χ4v) is 2.84. The number of carbonyl (C=O) groups is 4. The molecule has 0 bridgehead atoms. The molecule has 1 aliphatic rings. The van der Waals surface area contributed by atoms with Crippen molar-refractivity contribution in [2.45, 2.75) is 13.8 Å². The van der Waals surface area contributed by atoms with Crippen molar-refractivity contribution in [3.05, 3.63) is 59.2 Å². The van der Waals surface area contributed by atoms with Crippen LogP contribution in [0.3, 0.4) is 0 Å². The van der Waals surface area contributed by atoms with E-state index in [1.807, 2.05) is 35.8 Å². The van der Waals surface area contributed by atoms with Crippen molar-refractivity contribution in [2.75, 3.05) is 18.5 Å². The van der Waals surface area contributed by atoms with E-state index in [0.717, 1.165) is 5.56 Å². The average Bonchev–Trinajstić information content (AvgIpc) is 2.70. The summed E-state index contributed by atoms with van der Waals surface area (Å²) in [7, 11) is 0. The van der Waals surface area contributed by atoms with Gasteiger partial charge in [-0.1, -0.05) is 18.2 Å². The number of ether oxygens (including phenoxy) is 2. The van der Waals surface area contributed by atoms with Crippen molar-refractivity contribution in [2.24, 2.45) is 0 Å². The third-order valence-corrected chi connectivity index (χ3v) is 4.18. The largest absolute Gasteiger partial charge is 0.490 e. The zero-order valence-corrected chi connectivity index (χ0v) is 17.0. The van der Waals surface area contributed by atoms with Gasteiger partial charge in [0, 0.05) is 5.69 Å². The van der Waals surface area contributed by atoms with E-state index >= 15 is 0 Å². The molecule has 0 saturated carbocycles. The lowest BCUT2D eigenvalue weighted by Crippen LogP contribution is -2.51. The predicted octanol–water partition coefficient (Wildman–Crippen LogP) is 2.16. The summed E-state index contributed by atoms with van der Waals surface area (Å²) in [5.74, 6) is -1.25. The Labute approximate surface area is 178 Å². The number of amides is 5. The van der Waals surface area contributed by atoms with Crippen LogP contribution in [0.25, 0.3) is 6.08 Å². The van der Waals surface area contributed by atoms with Crippen LogP contribution in [0.4, 0.5) is 10.5 Å². The van der Waals surface area contributed by atoms with Crippen molar-refractivity contribution < 1.29 is 28.7 Å². The van der Waals surface area contributed by atoms with Gasteiger partial charge in [-0.05, 0) is 55.3 Å². The van der Waals surface area contributed by atoms with E-state index in [2.05, 4.69) is 5.32 Å². The van der Waals surface area contributed by atoms with Gasteiger partial charge < -0.3 is 14.8 Å². The molecule has 5 amide bonds. The average molecular weight is 423 g/mol. The van der Waals surface area contributed by atoms with E-state index in [0.29, 0.717) is 29.4 Å². The van der Waals surface area contributed by atoms with Gasteiger partial charge in [-0.15, -0.1) is 0 Å². The second-order valence-electron chi connectivity index (χ2n) is 6.64. The van der Waals surface area contributed by atoms with Gasteiger partial charge in [0.1, 0.15) is 5.57 Å². The predicted molar refractivity (Wildman–Crippen MR) is 113 cm³/mol. The summed E-state index contributed by atoms with van der Waals surface area (Å²) in [5, 5.41) is 6.77. The first kappa shape index (κ1) is 21.6. The third-order valence-electron chi connectivity index (χ3n) is 4.18. The van der Waals surface area contributed by atoms with E-state index in [9.17, 15) is 19.2 Å². The lowest BCUT2D eigenvalue weighted by molar-refractivity contribution is -0.124. The maximum atomic E-state index is 12.2. The van der Waals surface area contributed by atoms with Gasteiger partial charge in [0.05, 0.1) is 6.61 Å². The summed E-state index contributed by atoms with van der Waals surface area (Å²) in [6, 6.07) is 11.3. The Kier molecular flexibility index (Phi) is 6.66. The van der Waals surface area contributed by atoms with Crippen LogP contribution >= 0.6 is 0 Å². The van der Waals surface area contributed by atoms with E-state index in [1.54, 1.807) is 31.2 Å². The van der Waals surface area contributed by atoms with Crippen LogP contribution in [0.2, 0.25) is 0 Å². The van der Waals surface area contributed by atoms with Crippen LogP contribution in [0.5, 0.6) is 11.5 Å². The Morgan fingerprint density at radius 2 is 1.74 bits per heavy atom. The zero-order chi connectivity index (χ0) is 22.4. The van der Waals surface area contributed by atoms with Crippen LogP contribution < -0.4 is 25.4 Å². The molecule has 3 N–H and O–H groups in total. The van der Waals surface area contributed by atoms with Gasteiger partial charge in [-0.25, -0.2) is 4.79 Å². The Hall–Kier alpha value is -4.14. The van der Waals surface area contributed by atoms with Gasteiger partial charge in [0.25, 0.3) is 17.7 Å². The molecule has 0 unspecified atom stereocenters. The number of carbonyl (C=O) groups excluding carboxylic acids is 4. The van der Waals surface area contributed by atoms with Crippen LogP contribution in [0.15, 0.2) is 48.0 Å². The highest BCUT2D eigenvalue weighted by molar-refractivity contribution is 6.31. The minimum atomic E-state index is -0.866. The van der Waals surface area contributed by atoms with Gasteiger partial charge in [-0.2, -0.15) is 0 Å². The number of imide groups is 2. The molecule has 9 heteroatoms. The van der Waals surface area contributed by atoms with Crippen molar-refractivity contribution in [1.82, 2.24) is 10.6 Å². The highest BCUT2D eigenvalue weighted by Gasteiger charge is 2.27. The first-order valence-electron chi connectivity index (χ1n) is 9.50. The molecule has 0 aromatic heterocycles. The van der Waals surface area contributed by atoms with Crippen LogP contribution in [-0.4, -0.2) is 37.0 Å². The molecular formula is C22H21N3O6. The minimum Gasteiger partial charge on any atom is -0.490 e. The van der Waals surface area contributed by atoms with Crippen molar-refractivity contribution in [1.29, 1.82) is 0 Å². The summed E-state index contributed by atoms with van der Waals surface area (Å²) >= 11 is 0. The van der Waals surface area contributed by atoms with Crippen molar-refractivity contribution in [3.63, 3.8) is 0 Å². The fourth-order valence-electron chi connectivity index (χ4n) is 2.84. The van der Waals surface area contributed by atoms with Gasteiger partial charge >= 0.3 is 6.03 Å². The van der Waals surface area contributed by atoms with Crippen molar-refractivity contribution in [3.8, 4) is 11.5 Å². The normalized spacial score (nSPS) is 13.2. The number of rotatable bonds is 7. The number of benzene rings is 2. The summed E-state index contributed by atoms with van der Waals surface area (Å²) in [4.78, 5) is 47.1. The molecule has 1 saturated heterocycles. The Morgan fingerprint density at radius 3 is 2.42 bits per heavy atom. The third kappa shape index (κ3) is 5.69. The summed E-state index contributed by atoms with van der Waals surface area (Å²) in [6.07, 6.45) is 1.33. The second-order valence-corrected chi connectivity index (χ2v) is 6.64. The zero-order valence-electron chi connectivity index (χ0n) is 17.0. The number of nitrogens with one attached hydrogen (secondary N) is 3. The topological polar surface area (TPSA) is 123 Å². The van der Waals surface area contributed by atoms with Gasteiger partial charge in [-0.3, -0.25) is 25.0 Å². The van der Waals surface area contributed by atoms with Gasteiger partial charge in [0.15, 0.2) is 18.1 Å². The first-order valence-corrected chi connectivity index (χ1v) is 9.50. The molecule has 9 nitrogen and oxygen atoms in total. The minimum absolute atomic E-state index is 0.215. The smallest absolute Gasteiger partial charge is 0.328 e. The number of hydrogen-bond acceptors (Lipinski definition) is 6. The Balaban J connectivity index is 1.72. The number of hydrogen-bond donors (Lipinski definition) is 3. The fraction of sp³-hybridized carbons (Fsp3) is 0.182. The standard InChI is InChI=1S/C22H21N3O6/c1-3-30-18-11-14(10-16-20(27)24-22(29)25-21(16)28)7-8-17(18)31-12-19(26)23-15-6-4-5-13(2)9-15/h4-11H,3,12H2,1-2H3,(H,23,26)(H2,24,25,27,28,29). The van der Waals surface area contributed by atoms with E-state index in [-0.39, 0.29) is 18.1 Å². The number of barbiturate groups is 1.